The van der Waals surface area contributed by atoms with Gasteiger partial charge < -0.3 is 0 Å². The number of hydrogen-bond acceptors (Lipinski definition) is 1. The molecule has 2 aromatic rings. The Morgan fingerprint density at radius 1 is 0.947 bits per heavy atom. The van der Waals surface area contributed by atoms with Crippen molar-refractivity contribution >= 4 is 6.29 Å². The molecule has 0 spiro atoms. The van der Waals surface area contributed by atoms with E-state index >= 15 is 0 Å². The number of carbonyl (C=O) groups excluding carboxylic acids is 1. The maximum absolute atomic E-state index is 13.1. The third-order valence-electron chi connectivity index (χ3n) is 2.64. The summed E-state index contributed by atoms with van der Waals surface area (Å²) in [7, 11) is 0. The molecule has 19 heavy (non-hydrogen) atoms. The van der Waals surface area contributed by atoms with Crippen LogP contribution in [0.1, 0.15) is 15.9 Å². The maximum atomic E-state index is 13.1. The van der Waals surface area contributed by atoms with Gasteiger partial charge in [0.1, 0.15) is 5.82 Å². The monoisotopic (exact) mass is 268 g/mol. The van der Waals surface area contributed by atoms with E-state index in [1.54, 1.807) is 0 Å². The number of benzene rings is 2. The van der Waals surface area contributed by atoms with Crippen molar-refractivity contribution in [2.45, 2.75) is 6.18 Å². The Kier molecular flexibility index (Phi) is 3.38. The highest BCUT2D eigenvalue weighted by molar-refractivity contribution is 5.80. The Morgan fingerprint density at radius 2 is 1.63 bits per heavy atom. The molecule has 2 rings (SSSR count). The van der Waals surface area contributed by atoms with Crippen LogP contribution < -0.4 is 0 Å². The molecule has 0 fully saturated rings. The minimum atomic E-state index is -4.63. The molecule has 5 heteroatoms. The van der Waals surface area contributed by atoms with Gasteiger partial charge in [0.15, 0.2) is 6.29 Å². The number of hydrogen-bond donors (Lipinski definition) is 0. The fraction of sp³-hybridized carbons (Fsp3) is 0.0714. The zero-order valence-corrected chi connectivity index (χ0v) is 9.54. The molecule has 0 aliphatic carbocycles. The Morgan fingerprint density at radius 3 is 2.21 bits per heavy atom. The predicted molar refractivity (Wildman–Crippen MR) is 62.2 cm³/mol. The molecule has 0 aromatic heterocycles. The standard InChI is InChI=1S/C14H8F4O/c15-12-3-1-2-9(6-12)10-4-5-11(8-19)13(7-10)14(16,17)18/h1-8H. The Balaban J connectivity index is 2.58. The SMILES string of the molecule is O=Cc1ccc(-c2cccc(F)c2)cc1C(F)(F)F. The molecule has 0 saturated carbocycles. The normalized spacial score (nSPS) is 11.4. The molecule has 1 nitrogen and oxygen atoms in total. The van der Waals surface area contributed by atoms with Crippen LogP contribution in [0.5, 0.6) is 0 Å². The second-order valence-electron chi connectivity index (χ2n) is 3.93. The quantitative estimate of drug-likeness (QED) is 0.585. The molecule has 0 N–H and O–H groups in total. The lowest BCUT2D eigenvalue weighted by atomic mass is 9.99. The van der Waals surface area contributed by atoms with Gasteiger partial charge in [0, 0.05) is 5.56 Å². The van der Waals surface area contributed by atoms with Gasteiger partial charge >= 0.3 is 6.18 Å². The van der Waals surface area contributed by atoms with E-state index in [-0.39, 0.29) is 11.8 Å². The van der Waals surface area contributed by atoms with E-state index in [9.17, 15) is 22.4 Å². The van der Waals surface area contributed by atoms with Gasteiger partial charge in [-0.25, -0.2) is 4.39 Å². The summed E-state index contributed by atoms with van der Waals surface area (Å²) in [5, 5.41) is 0. The van der Waals surface area contributed by atoms with Gasteiger partial charge in [0.05, 0.1) is 5.56 Å². The second-order valence-corrected chi connectivity index (χ2v) is 3.93. The number of halogens is 4. The van der Waals surface area contributed by atoms with Crippen molar-refractivity contribution in [3.63, 3.8) is 0 Å². The predicted octanol–water partition coefficient (Wildman–Crippen LogP) is 4.32. The average Bonchev–Trinajstić information content (AvgIpc) is 2.37. The molecule has 2 aromatic carbocycles. The minimum Gasteiger partial charge on any atom is -0.298 e. The molecule has 0 radical (unpaired) electrons. The summed E-state index contributed by atoms with van der Waals surface area (Å²) in [6, 6.07) is 8.52. The zero-order chi connectivity index (χ0) is 14.0. The summed E-state index contributed by atoms with van der Waals surface area (Å²) in [5.74, 6) is -0.537. The van der Waals surface area contributed by atoms with E-state index in [1.807, 2.05) is 0 Å². The Hall–Kier alpha value is -2.17. The third-order valence-corrected chi connectivity index (χ3v) is 2.64. The topological polar surface area (TPSA) is 17.1 Å². The first kappa shape index (κ1) is 13.3. The molecule has 0 saturated heterocycles. The van der Waals surface area contributed by atoms with Crippen LogP contribution in [0.4, 0.5) is 17.6 Å². The highest BCUT2D eigenvalue weighted by atomic mass is 19.4. The van der Waals surface area contributed by atoms with Crippen molar-refractivity contribution in [3.8, 4) is 11.1 Å². The van der Waals surface area contributed by atoms with Crippen LogP contribution in [-0.4, -0.2) is 6.29 Å². The molecule has 0 heterocycles. The van der Waals surface area contributed by atoms with Crippen molar-refractivity contribution in [2.75, 3.05) is 0 Å². The molecule has 0 aliphatic heterocycles. The largest absolute Gasteiger partial charge is 0.417 e. The van der Waals surface area contributed by atoms with Crippen molar-refractivity contribution in [1.82, 2.24) is 0 Å². The van der Waals surface area contributed by atoms with Crippen LogP contribution in [0, 0.1) is 5.82 Å². The van der Waals surface area contributed by atoms with Gasteiger partial charge in [-0.3, -0.25) is 4.79 Å². The van der Waals surface area contributed by atoms with E-state index in [0.29, 0.717) is 5.56 Å². The molecule has 98 valence electrons. The van der Waals surface area contributed by atoms with Gasteiger partial charge in [-0.2, -0.15) is 13.2 Å². The van der Waals surface area contributed by atoms with Crippen LogP contribution in [0.2, 0.25) is 0 Å². The van der Waals surface area contributed by atoms with Crippen molar-refractivity contribution < 1.29 is 22.4 Å². The van der Waals surface area contributed by atoms with E-state index in [2.05, 4.69) is 0 Å². The van der Waals surface area contributed by atoms with Crippen molar-refractivity contribution in [3.05, 3.63) is 59.4 Å². The summed E-state index contributed by atoms with van der Waals surface area (Å²) < 4.78 is 51.4. The first-order valence-electron chi connectivity index (χ1n) is 5.34. The summed E-state index contributed by atoms with van der Waals surface area (Å²) in [6.45, 7) is 0. The van der Waals surface area contributed by atoms with Gasteiger partial charge in [-0.05, 0) is 29.3 Å². The molecule has 0 unspecified atom stereocenters. The number of aldehydes is 1. The molecule has 0 aliphatic rings. The van der Waals surface area contributed by atoms with Crippen molar-refractivity contribution in [2.24, 2.45) is 0 Å². The second kappa shape index (κ2) is 4.84. The van der Waals surface area contributed by atoms with E-state index in [0.717, 1.165) is 18.2 Å². The van der Waals surface area contributed by atoms with Gasteiger partial charge in [0.2, 0.25) is 0 Å². The summed E-state index contributed by atoms with van der Waals surface area (Å²) in [4.78, 5) is 10.6. The highest BCUT2D eigenvalue weighted by Gasteiger charge is 2.33. The minimum absolute atomic E-state index is 0.151. The Bertz CT molecular complexity index is 617. The number of carbonyl (C=O) groups is 1. The average molecular weight is 268 g/mol. The zero-order valence-electron chi connectivity index (χ0n) is 9.54. The smallest absolute Gasteiger partial charge is 0.298 e. The van der Waals surface area contributed by atoms with Crippen LogP contribution >= 0.6 is 0 Å². The van der Waals surface area contributed by atoms with Gasteiger partial charge in [0.25, 0.3) is 0 Å². The van der Waals surface area contributed by atoms with Crippen LogP contribution in [-0.2, 0) is 6.18 Å². The van der Waals surface area contributed by atoms with E-state index in [1.165, 1.54) is 24.3 Å². The summed E-state index contributed by atoms with van der Waals surface area (Å²) >= 11 is 0. The number of rotatable bonds is 2. The van der Waals surface area contributed by atoms with E-state index in [4.69, 9.17) is 0 Å². The Labute approximate surface area is 106 Å². The fourth-order valence-electron chi connectivity index (χ4n) is 1.75. The van der Waals surface area contributed by atoms with Crippen LogP contribution in [0.25, 0.3) is 11.1 Å². The summed E-state index contributed by atoms with van der Waals surface area (Å²) in [6.07, 6.45) is -4.47. The lowest BCUT2D eigenvalue weighted by Crippen LogP contribution is -2.09. The first-order chi connectivity index (χ1) is 8.91. The molecule has 0 atom stereocenters. The fourth-order valence-corrected chi connectivity index (χ4v) is 1.75. The molecule has 0 bridgehead atoms. The highest BCUT2D eigenvalue weighted by Crippen LogP contribution is 2.34. The molecular weight excluding hydrogens is 260 g/mol. The van der Waals surface area contributed by atoms with Crippen molar-refractivity contribution in [1.29, 1.82) is 0 Å². The summed E-state index contributed by atoms with van der Waals surface area (Å²) in [5.41, 5.74) is -0.933. The molecular formula is C14H8F4O. The van der Waals surface area contributed by atoms with E-state index < -0.39 is 23.1 Å². The third kappa shape index (κ3) is 2.81. The van der Waals surface area contributed by atoms with Gasteiger partial charge in [-0.1, -0.05) is 24.3 Å². The lowest BCUT2D eigenvalue weighted by molar-refractivity contribution is -0.137. The van der Waals surface area contributed by atoms with Crippen LogP contribution in [0.3, 0.4) is 0 Å². The first-order valence-corrected chi connectivity index (χ1v) is 5.34. The maximum Gasteiger partial charge on any atom is 0.417 e. The number of alkyl halides is 3. The lowest BCUT2D eigenvalue weighted by Gasteiger charge is -2.11. The molecule has 0 amide bonds. The van der Waals surface area contributed by atoms with Gasteiger partial charge in [-0.15, -0.1) is 0 Å². The van der Waals surface area contributed by atoms with Crippen LogP contribution in [0.15, 0.2) is 42.5 Å².